The molecule has 14 heteroatoms. The summed E-state index contributed by atoms with van der Waals surface area (Å²) < 4.78 is 39.6. The predicted molar refractivity (Wildman–Crippen MR) is 222 cm³/mol. The maximum absolute atomic E-state index is 12.8. The first-order valence-corrected chi connectivity index (χ1v) is 20.8. The highest BCUT2D eigenvalue weighted by atomic mass is 16.6. The van der Waals surface area contributed by atoms with Crippen LogP contribution >= 0.6 is 0 Å². The number of para-hydroxylation sites is 2. The Balaban J connectivity index is 0.000000316. The third-order valence-electron chi connectivity index (χ3n) is 9.77. The van der Waals surface area contributed by atoms with Gasteiger partial charge in [-0.15, -0.1) is 0 Å². The van der Waals surface area contributed by atoms with Crippen LogP contribution in [0.5, 0.6) is 11.5 Å². The number of nitrogens with one attached hydrogen (secondary N) is 2. The molecule has 4 rings (SSSR count). The molecule has 2 amide bonds. The molecule has 0 aliphatic carbocycles. The highest BCUT2D eigenvalue weighted by molar-refractivity contribution is 5.82. The Morgan fingerprint density at radius 1 is 0.661 bits per heavy atom. The minimum absolute atomic E-state index is 0.0169. The van der Waals surface area contributed by atoms with Crippen LogP contribution in [0.15, 0.2) is 60.7 Å². The fourth-order valence-corrected chi connectivity index (χ4v) is 7.07. The van der Waals surface area contributed by atoms with E-state index in [-0.39, 0.29) is 24.5 Å². The van der Waals surface area contributed by atoms with Crippen LogP contribution in [0.1, 0.15) is 107 Å². The van der Waals surface area contributed by atoms with Crippen molar-refractivity contribution in [1.29, 1.82) is 0 Å². The minimum Gasteiger partial charge on any atom is -0.486 e. The summed E-state index contributed by atoms with van der Waals surface area (Å²) >= 11 is 0. The number of carbonyl (C=O) groups excluding carboxylic acids is 4. The van der Waals surface area contributed by atoms with Gasteiger partial charge < -0.3 is 48.9 Å². The summed E-state index contributed by atoms with van der Waals surface area (Å²) in [5.74, 6) is 0.607. The van der Waals surface area contributed by atoms with Gasteiger partial charge in [-0.2, -0.15) is 0 Å². The van der Waals surface area contributed by atoms with Gasteiger partial charge in [0.15, 0.2) is 0 Å². The molecule has 2 saturated heterocycles. The molecule has 2 aromatic carbocycles. The van der Waals surface area contributed by atoms with Crippen molar-refractivity contribution in [3.8, 4) is 11.5 Å². The van der Waals surface area contributed by atoms with Crippen molar-refractivity contribution in [2.75, 3.05) is 20.3 Å². The molecule has 2 aliphatic rings. The Bertz CT molecular complexity index is 1560. The number of rotatable bonds is 11. The van der Waals surface area contributed by atoms with Crippen molar-refractivity contribution in [3.63, 3.8) is 0 Å². The highest BCUT2D eigenvalue weighted by Crippen LogP contribution is 2.30. The van der Waals surface area contributed by atoms with Gasteiger partial charge in [-0.1, -0.05) is 49.2 Å². The molecule has 0 spiro atoms. The molecule has 8 atom stereocenters. The number of ether oxygens (including phenoxy) is 7. The van der Waals surface area contributed by atoms with Crippen LogP contribution in [0.3, 0.4) is 0 Å². The number of alkyl carbamates (subject to hydrolysis) is 2. The number of aliphatic hydroxyl groups excluding tert-OH is 1. The monoisotopic (exact) mass is 828 g/mol. The Kier molecular flexibility index (Phi) is 19.8. The van der Waals surface area contributed by atoms with E-state index in [9.17, 15) is 24.3 Å². The number of esters is 2. The van der Waals surface area contributed by atoms with E-state index in [2.05, 4.69) is 10.6 Å². The van der Waals surface area contributed by atoms with Gasteiger partial charge in [0.1, 0.15) is 59.2 Å². The van der Waals surface area contributed by atoms with E-state index in [0.717, 1.165) is 31.4 Å². The van der Waals surface area contributed by atoms with Gasteiger partial charge in [-0.05, 0) is 118 Å². The second kappa shape index (κ2) is 23.9. The molecule has 0 radical (unpaired) electrons. The Morgan fingerprint density at radius 3 is 1.41 bits per heavy atom. The highest BCUT2D eigenvalue weighted by Gasteiger charge is 2.37. The number of cyclic esters (lactones) is 2. The van der Waals surface area contributed by atoms with Crippen molar-refractivity contribution < 1.29 is 57.4 Å². The summed E-state index contributed by atoms with van der Waals surface area (Å²) in [4.78, 5) is 49.8. The van der Waals surface area contributed by atoms with Gasteiger partial charge in [0.05, 0.1) is 0 Å². The van der Waals surface area contributed by atoms with Gasteiger partial charge in [0.2, 0.25) is 0 Å². The smallest absolute Gasteiger partial charge is 0.408 e. The number of amides is 2. The lowest BCUT2D eigenvalue weighted by atomic mass is 9.89. The van der Waals surface area contributed by atoms with Gasteiger partial charge in [0, 0.05) is 32.2 Å². The Hall–Kier alpha value is -4.56. The van der Waals surface area contributed by atoms with Crippen molar-refractivity contribution in [2.24, 2.45) is 11.8 Å². The second-order valence-corrected chi connectivity index (χ2v) is 17.1. The molecule has 0 saturated carbocycles. The van der Waals surface area contributed by atoms with Crippen LogP contribution in [0.2, 0.25) is 0 Å². The largest absolute Gasteiger partial charge is 0.486 e. The summed E-state index contributed by atoms with van der Waals surface area (Å²) in [6.45, 7) is 14.9. The van der Waals surface area contributed by atoms with Crippen LogP contribution in [0.25, 0.3) is 0 Å². The zero-order valence-corrected chi connectivity index (χ0v) is 36.4. The number of benzene rings is 2. The van der Waals surface area contributed by atoms with Gasteiger partial charge >= 0.3 is 24.1 Å². The second-order valence-electron chi connectivity index (χ2n) is 17.1. The topological polar surface area (TPSA) is 177 Å². The van der Waals surface area contributed by atoms with Crippen LogP contribution in [-0.4, -0.2) is 97.3 Å². The van der Waals surface area contributed by atoms with Crippen LogP contribution in [0, 0.1) is 11.8 Å². The molecular formula is C45H68N2O12. The lowest BCUT2D eigenvalue weighted by Gasteiger charge is -2.31. The van der Waals surface area contributed by atoms with E-state index in [1.165, 1.54) is 0 Å². The molecule has 2 aliphatic heterocycles. The van der Waals surface area contributed by atoms with E-state index >= 15 is 0 Å². The van der Waals surface area contributed by atoms with Crippen LogP contribution < -0.4 is 20.1 Å². The molecular weight excluding hydrogens is 760 g/mol. The first kappa shape index (κ1) is 48.8. The third-order valence-corrected chi connectivity index (χ3v) is 9.77. The maximum Gasteiger partial charge on any atom is 0.408 e. The van der Waals surface area contributed by atoms with Gasteiger partial charge in [-0.3, -0.25) is 0 Å². The molecule has 0 aromatic heterocycles. The molecule has 0 unspecified atom stereocenters. The predicted octanol–water partition coefficient (Wildman–Crippen LogP) is 7.54. The van der Waals surface area contributed by atoms with Crippen molar-refractivity contribution in [1.82, 2.24) is 10.6 Å². The summed E-state index contributed by atoms with van der Waals surface area (Å²) in [6.07, 6.45) is 2.24. The number of aliphatic hydroxyl groups is 1. The first-order chi connectivity index (χ1) is 27.9. The fourth-order valence-electron chi connectivity index (χ4n) is 7.07. The fraction of sp³-hybridized carbons (Fsp3) is 0.644. The SMILES string of the molecule is COCC[C@H]1CCC[C@H](NC(=O)OC(C)(C)C)C(=O)O[C@@H](C)[C@@H]1Oc1ccccc1.C[C@@H]1OC(=O)[C@@H](NC(=O)OC(C)(C)C)CCC[C@H](CCO)[C@H]1Oc1ccccc1. The molecule has 2 heterocycles. The number of carbonyl (C=O) groups is 4. The van der Waals surface area contributed by atoms with Crippen molar-refractivity contribution in [2.45, 2.75) is 154 Å². The zero-order chi connectivity index (χ0) is 43.6. The summed E-state index contributed by atoms with van der Waals surface area (Å²) in [6, 6.07) is 17.4. The normalized spacial score (nSPS) is 25.5. The third kappa shape index (κ3) is 18.1. The lowest BCUT2D eigenvalue weighted by molar-refractivity contribution is -0.157. The quantitative estimate of drug-likeness (QED) is 0.150. The summed E-state index contributed by atoms with van der Waals surface area (Å²) in [5.41, 5.74) is -1.29. The van der Waals surface area contributed by atoms with E-state index in [1.54, 1.807) is 55.6 Å². The summed E-state index contributed by atoms with van der Waals surface area (Å²) in [7, 11) is 1.67. The molecule has 59 heavy (non-hydrogen) atoms. The van der Waals surface area contributed by atoms with E-state index in [0.29, 0.717) is 38.0 Å². The maximum atomic E-state index is 12.8. The summed E-state index contributed by atoms with van der Waals surface area (Å²) in [5, 5.41) is 14.8. The average molecular weight is 829 g/mol. The van der Waals surface area contributed by atoms with Crippen LogP contribution in [0.4, 0.5) is 9.59 Å². The lowest BCUT2D eigenvalue weighted by Crippen LogP contribution is -2.46. The first-order valence-electron chi connectivity index (χ1n) is 20.8. The molecule has 330 valence electrons. The molecule has 2 fully saturated rings. The van der Waals surface area contributed by atoms with Crippen LogP contribution in [-0.2, 0) is 33.3 Å². The van der Waals surface area contributed by atoms with Crippen molar-refractivity contribution in [3.05, 3.63) is 60.7 Å². The standard InChI is InChI=1S/C23H35NO6.C22H33NO6/c1-16-20(29-18-11-7-6-8-12-18)17(14-15-27-5)10-9-13-19(21(25)28-16)24-22(26)30-23(2,3)4;1-15-19(28-17-10-6-5-7-11-17)16(13-14-24)9-8-12-18(20(25)27-15)23-21(26)29-22(2,3)4/h6-8,11-12,16-17,19-20H,9-10,13-15H2,1-5H3,(H,24,26);5-7,10-11,15-16,18-19,24H,8-9,12-14H2,1-4H3,(H,23,26)/t16-,17+,19-,20-;15-,16+,18-,19-/m00/s1. The van der Waals surface area contributed by atoms with E-state index < -0.39 is 65.7 Å². The molecule has 2 aromatic rings. The van der Waals surface area contributed by atoms with E-state index in [1.807, 2.05) is 67.6 Å². The average Bonchev–Trinajstić information content (AvgIpc) is 3.23. The number of methoxy groups -OCH3 is 1. The zero-order valence-electron chi connectivity index (χ0n) is 36.4. The molecule has 0 bridgehead atoms. The number of hydrogen-bond donors (Lipinski definition) is 3. The Labute approximate surface area is 350 Å². The van der Waals surface area contributed by atoms with Gasteiger partial charge in [0.25, 0.3) is 0 Å². The van der Waals surface area contributed by atoms with Crippen molar-refractivity contribution >= 4 is 24.1 Å². The molecule has 3 N–H and O–H groups in total. The molecule has 14 nitrogen and oxygen atoms in total. The van der Waals surface area contributed by atoms with Gasteiger partial charge in [-0.25, -0.2) is 19.2 Å². The Morgan fingerprint density at radius 2 is 1.05 bits per heavy atom. The minimum atomic E-state index is -0.780. The van der Waals surface area contributed by atoms with E-state index in [4.69, 9.17) is 33.2 Å². The number of hydrogen-bond acceptors (Lipinski definition) is 12.